The van der Waals surface area contributed by atoms with Gasteiger partial charge < -0.3 is 15.0 Å². The van der Waals surface area contributed by atoms with Gasteiger partial charge in [0.15, 0.2) is 0 Å². The molecule has 0 unspecified atom stereocenters. The number of benzene rings is 1. The topological polar surface area (TPSA) is 58.6 Å². The molecule has 1 heterocycles. The van der Waals surface area contributed by atoms with Crippen LogP contribution in [0.1, 0.15) is 26.7 Å². The van der Waals surface area contributed by atoms with Crippen molar-refractivity contribution in [1.29, 1.82) is 0 Å². The number of carbonyl (C=O) groups excluding carboxylic acids is 2. The number of anilines is 1. The van der Waals surface area contributed by atoms with Crippen molar-refractivity contribution in [3.63, 3.8) is 0 Å². The Labute approximate surface area is 144 Å². The molecule has 0 spiro atoms. The largest absolute Gasteiger partial charge is 0.573 e. The maximum Gasteiger partial charge on any atom is 0.573 e. The zero-order chi connectivity index (χ0) is 18.6. The van der Waals surface area contributed by atoms with Gasteiger partial charge in [0.05, 0.1) is 0 Å². The Kier molecular flexibility index (Phi) is 5.92. The molecule has 5 nitrogen and oxygen atoms in total. The molecular formula is C17H21F3N2O3. The zero-order valence-electron chi connectivity index (χ0n) is 14.1. The van der Waals surface area contributed by atoms with Crippen LogP contribution in [-0.2, 0) is 9.59 Å². The molecule has 0 saturated carbocycles. The van der Waals surface area contributed by atoms with E-state index in [0.717, 1.165) is 12.1 Å². The Hall–Kier alpha value is -2.25. The van der Waals surface area contributed by atoms with Gasteiger partial charge in [-0.1, -0.05) is 13.8 Å². The van der Waals surface area contributed by atoms with Crippen molar-refractivity contribution in [3.8, 4) is 5.75 Å². The molecule has 0 bridgehead atoms. The molecule has 0 aliphatic carbocycles. The summed E-state index contributed by atoms with van der Waals surface area (Å²) in [7, 11) is 0. The van der Waals surface area contributed by atoms with Gasteiger partial charge in [0, 0.05) is 30.6 Å². The third kappa shape index (κ3) is 5.65. The minimum atomic E-state index is -4.74. The Bertz CT molecular complexity index is 607. The van der Waals surface area contributed by atoms with Crippen LogP contribution in [0.15, 0.2) is 24.3 Å². The Morgan fingerprint density at radius 1 is 1.16 bits per heavy atom. The summed E-state index contributed by atoms with van der Waals surface area (Å²) in [6.07, 6.45) is -3.61. The predicted octanol–water partition coefficient (Wildman–Crippen LogP) is 3.42. The second-order valence-electron chi connectivity index (χ2n) is 6.32. The molecule has 0 atom stereocenters. The van der Waals surface area contributed by atoms with Crippen LogP contribution in [0.3, 0.4) is 0 Å². The Balaban J connectivity index is 1.85. The molecule has 138 valence electrons. The summed E-state index contributed by atoms with van der Waals surface area (Å²) in [5.41, 5.74) is 0.403. The standard InChI is InChI=1S/C17H21F3N2O3/c1-11(2)16(24)22-9-7-12(8-10-22)15(23)21-13-3-5-14(6-4-13)25-17(18,19)20/h3-6,11-12H,7-10H2,1-2H3,(H,21,23). The van der Waals surface area contributed by atoms with Gasteiger partial charge >= 0.3 is 6.36 Å². The van der Waals surface area contributed by atoms with Crippen LogP contribution < -0.4 is 10.1 Å². The summed E-state index contributed by atoms with van der Waals surface area (Å²) in [6, 6.07) is 5.01. The van der Waals surface area contributed by atoms with E-state index in [2.05, 4.69) is 10.1 Å². The number of piperidine rings is 1. The van der Waals surface area contributed by atoms with Crippen molar-refractivity contribution in [3.05, 3.63) is 24.3 Å². The third-order valence-corrected chi connectivity index (χ3v) is 4.03. The Morgan fingerprint density at radius 3 is 2.20 bits per heavy atom. The summed E-state index contributed by atoms with van der Waals surface area (Å²) >= 11 is 0. The molecule has 1 aliphatic heterocycles. The number of carbonyl (C=O) groups is 2. The highest BCUT2D eigenvalue weighted by molar-refractivity contribution is 5.92. The highest BCUT2D eigenvalue weighted by Gasteiger charge is 2.31. The molecule has 1 aromatic carbocycles. The minimum absolute atomic E-state index is 0.0668. The number of hydrogen-bond acceptors (Lipinski definition) is 3. The fourth-order valence-electron chi connectivity index (χ4n) is 2.71. The molecule has 1 N–H and O–H groups in total. The first kappa shape index (κ1) is 19.1. The van der Waals surface area contributed by atoms with Crippen molar-refractivity contribution in [1.82, 2.24) is 4.90 Å². The number of nitrogens with zero attached hydrogens (tertiary/aromatic N) is 1. The van der Waals surface area contributed by atoms with Crippen molar-refractivity contribution >= 4 is 17.5 Å². The predicted molar refractivity (Wildman–Crippen MR) is 85.9 cm³/mol. The van der Waals surface area contributed by atoms with E-state index < -0.39 is 6.36 Å². The van der Waals surface area contributed by atoms with Crippen molar-refractivity contribution < 1.29 is 27.5 Å². The summed E-state index contributed by atoms with van der Waals surface area (Å²) in [4.78, 5) is 26.0. The summed E-state index contributed by atoms with van der Waals surface area (Å²) in [6.45, 7) is 4.75. The van der Waals surface area contributed by atoms with Crippen LogP contribution in [0.4, 0.5) is 18.9 Å². The third-order valence-electron chi connectivity index (χ3n) is 4.03. The lowest BCUT2D eigenvalue weighted by atomic mass is 9.95. The second-order valence-corrected chi connectivity index (χ2v) is 6.32. The number of likely N-dealkylation sites (tertiary alicyclic amines) is 1. The lowest BCUT2D eigenvalue weighted by Crippen LogP contribution is -2.43. The molecule has 2 rings (SSSR count). The lowest BCUT2D eigenvalue weighted by molar-refractivity contribution is -0.274. The van der Waals surface area contributed by atoms with E-state index in [1.165, 1.54) is 12.1 Å². The molecule has 2 amide bonds. The summed E-state index contributed by atoms with van der Waals surface area (Å²) in [5.74, 6) is -0.739. The van der Waals surface area contributed by atoms with Crippen LogP contribution >= 0.6 is 0 Å². The van der Waals surface area contributed by atoms with Crippen LogP contribution in [-0.4, -0.2) is 36.2 Å². The second kappa shape index (κ2) is 7.76. The van der Waals surface area contributed by atoms with Crippen molar-refractivity contribution in [2.45, 2.75) is 33.1 Å². The number of amides is 2. The van der Waals surface area contributed by atoms with E-state index in [0.29, 0.717) is 31.6 Å². The lowest BCUT2D eigenvalue weighted by Gasteiger charge is -2.32. The van der Waals surface area contributed by atoms with E-state index in [1.54, 1.807) is 4.90 Å². The van der Waals surface area contributed by atoms with Crippen LogP contribution in [0.25, 0.3) is 0 Å². The molecule has 1 saturated heterocycles. The maximum atomic E-state index is 12.3. The van der Waals surface area contributed by atoms with Crippen LogP contribution in [0.5, 0.6) is 5.75 Å². The number of nitrogens with one attached hydrogen (secondary N) is 1. The van der Waals surface area contributed by atoms with Crippen molar-refractivity contribution in [2.75, 3.05) is 18.4 Å². The normalized spacial score (nSPS) is 16.0. The molecule has 1 aliphatic rings. The minimum Gasteiger partial charge on any atom is -0.406 e. The van der Waals surface area contributed by atoms with Crippen LogP contribution in [0.2, 0.25) is 0 Å². The monoisotopic (exact) mass is 358 g/mol. The zero-order valence-corrected chi connectivity index (χ0v) is 14.1. The van der Waals surface area contributed by atoms with Crippen molar-refractivity contribution in [2.24, 2.45) is 11.8 Å². The van der Waals surface area contributed by atoms with Crippen LogP contribution in [0, 0.1) is 11.8 Å². The van der Waals surface area contributed by atoms with Gasteiger partial charge in [0.1, 0.15) is 5.75 Å². The average molecular weight is 358 g/mol. The molecule has 25 heavy (non-hydrogen) atoms. The van der Waals surface area contributed by atoms with Gasteiger partial charge in [-0.2, -0.15) is 0 Å². The number of hydrogen-bond donors (Lipinski definition) is 1. The highest BCUT2D eigenvalue weighted by Crippen LogP contribution is 2.25. The smallest absolute Gasteiger partial charge is 0.406 e. The highest BCUT2D eigenvalue weighted by atomic mass is 19.4. The first-order valence-corrected chi connectivity index (χ1v) is 8.11. The number of rotatable bonds is 4. The average Bonchev–Trinajstić information content (AvgIpc) is 2.54. The summed E-state index contributed by atoms with van der Waals surface area (Å²) in [5, 5.41) is 2.69. The van der Waals surface area contributed by atoms with E-state index >= 15 is 0 Å². The first-order chi connectivity index (χ1) is 11.7. The molecule has 1 aromatic rings. The molecule has 0 aromatic heterocycles. The SMILES string of the molecule is CC(C)C(=O)N1CCC(C(=O)Nc2ccc(OC(F)(F)F)cc2)CC1. The summed E-state index contributed by atoms with van der Waals surface area (Å²) < 4.78 is 40.1. The fraction of sp³-hybridized carbons (Fsp3) is 0.529. The molecule has 0 radical (unpaired) electrons. The number of ether oxygens (including phenoxy) is 1. The van der Waals surface area contributed by atoms with Gasteiger partial charge in [-0.15, -0.1) is 13.2 Å². The maximum absolute atomic E-state index is 12.3. The number of alkyl halides is 3. The van der Waals surface area contributed by atoms with Gasteiger partial charge in [0.25, 0.3) is 0 Å². The van der Waals surface area contributed by atoms with Gasteiger partial charge in [-0.3, -0.25) is 9.59 Å². The van der Waals surface area contributed by atoms with E-state index in [4.69, 9.17) is 0 Å². The van der Waals surface area contributed by atoms with Gasteiger partial charge in [-0.25, -0.2) is 0 Å². The molecular weight excluding hydrogens is 337 g/mol. The fourth-order valence-corrected chi connectivity index (χ4v) is 2.71. The molecule has 1 fully saturated rings. The first-order valence-electron chi connectivity index (χ1n) is 8.11. The van der Waals surface area contributed by atoms with E-state index in [1.807, 2.05) is 13.8 Å². The Morgan fingerprint density at radius 2 is 1.72 bits per heavy atom. The van der Waals surface area contributed by atoms with Gasteiger partial charge in [-0.05, 0) is 37.1 Å². The molecule has 8 heteroatoms. The van der Waals surface area contributed by atoms with E-state index in [9.17, 15) is 22.8 Å². The van der Waals surface area contributed by atoms with Gasteiger partial charge in [0.2, 0.25) is 11.8 Å². The number of halogens is 3. The quantitative estimate of drug-likeness (QED) is 0.897. The van der Waals surface area contributed by atoms with E-state index in [-0.39, 0.29) is 29.4 Å².